The topological polar surface area (TPSA) is 61.7 Å². The lowest BCUT2D eigenvalue weighted by Crippen LogP contribution is -2.64. The third kappa shape index (κ3) is 4.08. The summed E-state index contributed by atoms with van der Waals surface area (Å²) in [6.07, 6.45) is 3.64. The van der Waals surface area contributed by atoms with E-state index in [4.69, 9.17) is 0 Å². The summed E-state index contributed by atoms with van der Waals surface area (Å²) in [5.41, 5.74) is 3.37. The number of halogens is 1. The third-order valence-corrected chi connectivity index (χ3v) is 8.02. The molecule has 2 aromatic heterocycles. The number of rotatable bonds is 4. The molecular weight excluding hydrogens is 477 g/mol. The molecule has 4 aromatic rings. The van der Waals surface area contributed by atoms with Gasteiger partial charge in [0.05, 0.1) is 0 Å². The monoisotopic (exact) mass is 503 g/mol. The van der Waals surface area contributed by atoms with Gasteiger partial charge in [0.15, 0.2) is 5.01 Å². The molecule has 2 saturated heterocycles. The highest BCUT2D eigenvalue weighted by Crippen LogP contribution is 2.32. The van der Waals surface area contributed by atoms with Crippen molar-refractivity contribution in [3.63, 3.8) is 0 Å². The van der Waals surface area contributed by atoms with Crippen LogP contribution in [0.2, 0.25) is 0 Å². The standard InChI is InChI=1S/C27H26FN5O2S/c1-30-17-23(18-3-2-4-20(28)13-18)22-6-5-19(14-24(22)30)26(34)33-15-21(16-33)31-8-10-32(11-9-31)27(35)25-29-7-12-36-25/h2-7,12-14,17,21H,8-11,15-16H2,1H3. The van der Waals surface area contributed by atoms with Crippen LogP contribution in [0, 0.1) is 5.82 Å². The minimum Gasteiger partial charge on any atom is -0.350 e. The van der Waals surface area contributed by atoms with E-state index in [1.54, 1.807) is 12.3 Å². The van der Waals surface area contributed by atoms with Crippen LogP contribution in [0.4, 0.5) is 4.39 Å². The van der Waals surface area contributed by atoms with Crippen LogP contribution >= 0.6 is 11.3 Å². The van der Waals surface area contributed by atoms with Gasteiger partial charge in [0.25, 0.3) is 11.8 Å². The number of carbonyl (C=O) groups is 2. The number of aromatic nitrogens is 2. The van der Waals surface area contributed by atoms with Crippen LogP contribution in [0.25, 0.3) is 22.0 Å². The Morgan fingerprint density at radius 1 is 1.00 bits per heavy atom. The molecule has 9 heteroatoms. The Morgan fingerprint density at radius 2 is 1.81 bits per heavy atom. The summed E-state index contributed by atoms with van der Waals surface area (Å²) in [7, 11) is 1.94. The zero-order chi connectivity index (χ0) is 24.8. The average Bonchev–Trinajstić information content (AvgIpc) is 3.51. The first-order valence-electron chi connectivity index (χ1n) is 12.0. The molecule has 0 aliphatic carbocycles. The zero-order valence-electron chi connectivity index (χ0n) is 19.9. The lowest BCUT2D eigenvalue weighted by molar-refractivity contribution is 0.00854. The van der Waals surface area contributed by atoms with Crippen LogP contribution in [0.3, 0.4) is 0 Å². The van der Waals surface area contributed by atoms with E-state index < -0.39 is 0 Å². The van der Waals surface area contributed by atoms with Gasteiger partial charge in [-0.25, -0.2) is 9.37 Å². The number of likely N-dealkylation sites (tertiary alicyclic amines) is 1. The maximum Gasteiger partial charge on any atom is 0.282 e. The summed E-state index contributed by atoms with van der Waals surface area (Å²) in [5, 5.41) is 3.36. The molecular formula is C27H26FN5O2S. The number of hydrogen-bond acceptors (Lipinski definition) is 5. The minimum absolute atomic E-state index is 0.00619. The number of carbonyl (C=O) groups excluding carboxylic acids is 2. The second-order valence-electron chi connectivity index (χ2n) is 9.43. The van der Waals surface area contributed by atoms with Crippen LogP contribution < -0.4 is 0 Å². The van der Waals surface area contributed by atoms with Crippen molar-refractivity contribution in [3.05, 3.63) is 76.6 Å². The fourth-order valence-corrected chi connectivity index (χ4v) is 5.79. The Kier molecular flexibility index (Phi) is 5.81. The van der Waals surface area contributed by atoms with Crippen LogP contribution in [0.5, 0.6) is 0 Å². The number of piperazine rings is 1. The van der Waals surface area contributed by atoms with Crippen molar-refractivity contribution in [1.82, 2.24) is 24.3 Å². The fourth-order valence-electron chi connectivity index (χ4n) is 5.19. The fraction of sp³-hybridized carbons (Fsp3) is 0.296. The van der Waals surface area contributed by atoms with E-state index in [0.717, 1.165) is 35.1 Å². The molecule has 2 aliphatic rings. The summed E-state index contributed by atoms with van der Waals surface area (Å²) in [4.78, 5) is 36.0. The molecule has 0 atom stereocenters. The van der Waals surface area contributed by atoms with Crippen LogP contribution in [-0.4, -0.2) is 81.4 Å². The normalized spacial score (nSPS) is 16.9. The lowest BCUT2D eigenvalue weighted by atomic mass is 10.0. The van der Waals surface area contributed by atoms with Crippen molar-refractivity contribution in [1.29, 1.82) is 0 Å². The molecule has 36 heavy (non-hydrogen) atoms. The molecule has 2 amide bonds. The smallest absolute Gasteiger partial charge is 0.282 e. The van der Waals surface area contributed by atoms with Gasteiger partial charge in [-0.05, 0) is 29.8 Å². The maximum absolute atomic E-state index is 13.8. The van der Waals surface area contributed by atoms with E-state index in [1.807, 2.05) is 57.3 Å². The number of fused-ring (bicyclic) bond motifs is 1. The first-order valence-corrected chi connectivity index (χ1v) is 12.9. The first kappa shape index (κ1) is 22.9. The molecule has 0 saturated carbocycles. The second-order valence-corrected chi connectivity index (χ2v) is 10.3. The van der Waals surface area contributed by atoms with Crippen molar-refractivity contribution in [2.75, 3.05) is 39.3 Å². The Balaban J connectivity index is 1.09. The zero-order valence-corrected chi connectivity index (χ0v) is 20.7. The van der Waals surface area contributed by atoms with Gasteiger partial charge in [0.1, 0.15) is 5.82 Å². The summed E-state index contributed by atoms with van der Waals surface area (Å²) in [6.45, 7) is 4.36. The number of thiazole rings is 1. The van der Waals surface area contributed by atoms with Gasteiger partial charge in [-0.2, -0.15) is 0 Å². The van der Waals surface area contributed by atoms with E-state index in [-0.39, 0.29) is 17.6 Å². The Bertz CT molecular complexity index is 1440. The van der Waals surface area contributed by atoms with Gasteiger partial charge in [-0.3, -0.25) is 14.5 Å². The number of aryl methyl sites for hydroxylation is 1. The largest absolute Gasteiger partial charge is 0.350 e. The van der Waals surface area contributed by atoms with Crippen molar-refractivity contribution in [2.24, 2.45) is 7.05 Å². The highest BCUT2D eigenvalue weighted by atomic mass is 32.1. The van der Waals surface area contributed by atoms with E-state index in [0.29, 0.717) is 42.8 Å². The molecule has 2 aromatic carbocycles. The van der Waals surface area contributed by atoms with Gasteiger partial charge in [0, 0.05) is 92.2 Å². The van der Waals surface area contributed by atoms with Gasteiger partial charge in [-0.1, -0.05) is 18.2 Å². The quantitative estimate of drug-likeness (QED) is 0.426. The Labute approximate surface area is 212 Å². The summed E-state index contributed by atoms with van der Waals surface area (Å²) >= 11 is 1.37. The van der Waals surface area contributed by atoms with Gasteiger partial charge < -0.3 is 14.4 Å². The van der Waals surface area contributed by atoms with Gasteiger partial charge in [0.2, 0.25) is 0 Å². The minimum atomic E-state index is -0.267. The van der Waals surface area contributed by atoms with Crippen molar-refractivity contribution in [2.45, 2.75) is 6.04 Å². The van der Waals surface area contributed by atoms with Gasteiger partial charge in [-0.15, -0.1) is 11.3 Å². The average molecular weight is 504 g/mol. The van der Waals surface area contributed by atoms with E-state index in [9.17, 15) is 14.0 Å². The first-order chi connectivity index (χ1) is 17.5. The number of hydrogen-bond donors (Lipinski definition) is 0. The second kappa shape index (κ2) is 9.15. The lowest BCUT2D eigenvalue weighted by Gasteiger charge is -2.48. The highest BCUT2D eigenvalue weighted by molar-refractivity contribution is 7.11. The molecule has 7 nitrogen and oxygen atoms in total. The molecule has 6 rings (SSSR count). The highest BCUT2D eigenvalue weighted by Gasteiger charge is 2.37. The molecule has 0 spiro atoms. The number of amides is 2. The summed E-state index contributed by atoms with van der Waals surface area (Å²) in [5.74, 6) is -0.234. The predicted molar refractivity (Wildman–Crippen MR) is 138 cm³/mol. The molecule has 0 unspecified atom stereocenters. The van der Waals surface area contributed by atoms with Gasteiger partial charge >= 0.3 is 0 Å². The summed E-state index contributed by atoms with van der Waals surface area (Å²) < 4.78 is 15.7. The van der Waals surface area contributed by atoms with Crippen molar-refractivity contribution < 1.29 is 14.0 Å². The van der Waals surface area contributed by atoms with Crippen molar-refractivity contribution in [3.8, 4) is 11.1 Å². The van der Waals surface area contributed by atoms with E-state index >= 15 is 0 Å². The maximum atomic E-state index is 13.8. The number of benzene rings is 2. The molecule has 2 aliphatic heterocycles. The predicted octanol–water partition coefficient (Wildman–Crippen LogP) is 3.72. The molecule has 4 heterocycles. The van der Waals surface area contributed by atoms with Crippen LogP contribution in [0.15, 0.2) is 60.2 Å². The van der Waals surface area contributed by atoms with Crippen LogP contribution in [-0.2, 0) is 7.05 Å². The third-order valence-electron chi connectivity index (χ3n) is 7.26. The molecule has 0 radical (unpaired) electrons. The Morgan fingerprint density at radius 3 is 2.53 bits per heavy atom. The SMILES string of the molecule is Cn1cc(-c2cccc(F)c2)c2ccc(C(=O)N3CC(N4CCN(C(=O)c5nccs5)CC4)C3)cc21. The summed E-state index contributed by atoms with van der Waals surface area (Å²) in [6, 6.07) is 12.6. The molecule has 2 fully saturated rings. The molecule has 0 N–H and O–H groups in total. The van der Waals surface area contributed by atoms with Crippen molar-refractivity contribution >= 4 is 34.1 Å². The number of nitrogens with zero attached hydrogens (tertiary/aromatic N) is 5. The van der Waals surface area contributed by atoms with E-state index in [2.05, 4.69) is 9.88 Å². The molecule has 184 valence electrons. The van der Waals surface area contributed by atoms with E-state index in [1.165, 1.54) is 23.5 Å². The Hall–Kier alpha value is -3.56. The van der Waals surface area contributed by atoms with Crippen LogP contribution in [0.1, 0.15) is 20.2 Å². The molecule has 0 bridgehead atoms.